The number of anilines is 1. The summed E-state index contributed by atoms with van der Waals surface area (Å²) in [6, 6.07) is 4.25. The van der Waals surface area contributed by atoms with Gasteiger partial charge >= 0.3 is 0 Å². The van der Waals surface area contributed by atoms with Crippen LogP contribution in [0.5, 0.6) is 0 Å². The molecule has 2 rings (SSSR count). The number of benzene rings is 1. The number of carbonyl (C=O) groups excluding carboxylic acids is 1. The second kappa shape index (κ2) is 6.18. The van der Waals surface area contributed by atoms with Crippen molar-refractivity contribution >= 4 is 11.6 Å². The summed E-state index contributed by atoms with van der Waals surface area (Å²) >= 11 is 0. The largest absolute Gasteiger partial charge is 0.325 e. The number of hydrogen-bond donors (Lipinski definition) is 2. The molecule has 0 radical (unpaired) electrons. The predicted octanol–water partition coefficient (Wildman–Crippen LogP) is 3.58. The second-order valence-corrected chi connectivity index (χ2v) is 6.99. The van der Waals surface area contributed by atoms with E-state index in [4.69, 9.17) is 0 Å². The zero-order valence-corrected chi connectivity index (χ0v) is 14.0. The number of carbonyl (C=O) groups is 1. The first kappa shape index (κ1) is 16.0. The maximum absolute atomic E-state index is 12.8. The van der Waals surface area contributed by atoms with Crippen LogP contribution in [0.1, 0.15) is 43.4 Å². The zero-order valence-electron chi connectivity index (χ0n) is 14.0. The van der Waals surface area contributed by atoms with Crippen LogP contribution in [-0.2, 0) is 4.79 Å². The first-order valence-electron chi connectivity index (χ1n) is 7.92. The van der Waals surface area contributed by atoms with Gasteiger partial charge in [-0.1, -0.05) is 31.5 Å². The van der Waals surface area contributed by atoms with Crippen LogP contribution in [0.3, 0.4) is 0 Å². The van der Waals surface area contributed by atoms with Crippen LogP contribution >= 0.6 is 0 Å². The van der Waals surface area contributed by atoms with Crippen molar-refractivity contribution in [3.8, 4) is 0 Å². The molecule has 1 atom stereocenters. The third-order valence-electron chi connectivity index (χ3n) is 4.82. The van der Waals surface area contributed by atoms with Crippen molar-refractivity contribution in [3.63, 3.8) is 0 Å². The molecule has 0 aromatic heterocycles. The molecular formula is C18H28N2O. The van der Waals surface area contributed by atoms with E-state index in [1.54, 1.807) is 0 Å². The van der Waals surface area contributed by atoms with Gasteiger partial charge in [0.05, 0.1) is 0 Å². The third-order valence-corrected chi connectivity index (χ3v) is 4.82. The summed E-state index contributed by atoms with van der Waals surface area (Å²) in [5.74, 6) is 0.531. The van der Waals surface area contributed by atoms with Crippen LogP contribution in [-0.4, -0.2) is 19.0 Å². The smallest absolute Gasteiger partial charge is 0.230 e. The minimum atomic E-state index is -0.350. The number of nitrogens with one attached hydrogen (secondary N) is 2. The number of piperidine rings is 1. The average molecular weight is 288 g/mol. The molecule has 116 valence electrons. The van der Waals surface area contributed by atoms with Crippen LogP contribution in [0.25, 0.3) is 0 Å². The zero-order chi connectivity index (χ0) is 15.6. The Morgan fingerprint density at radius 2 is 1.86 bits per heavy atom. The van der Waals surface area contributed by atoms with Crippen LogP contribution in [0, 0.1) is 32.1 Å². The van der Waals surface area contributed by atoms with Gasteiger partial charge in [0.2, 0.25) is 5.91 Å². The fraction of sp³-hybridized carbons (Fsp3) is 0.611. The SMILES string of the molecule is Cc1cc(C)c(NC(=O)C(C)(C)C2CCCNC2)c(C)c1. The van der Waals surface area contributed by atoms with Crippen LogP contribution in [0.4, 0.5) is 5.69 Å². The predicted molar refractivity (Wildman–Crippen MR) is 88.7 cm³/mol. The summed E-state index contributed by atoms with van der Waals surface area (Å²) in [6.07, 6.45) is 2.28. The van der Waals surface area contributed by atoms with Crippen LogP contribution in [0.15, 0.2) is 12.1 Å². The van der Waals surface area contributed by atoms with E-state index in [0.29, 0.717) is 5.92 Å². The number of aryl methyl sites for hydroxylation is 3. The molecule has 1 unspecified atom stereocenters. The van der Waals surface area contributed by atoms with E-state index < -0.39 is 0 Å². The van der Waals surface area contributed by atoms with E-state index in [9.17, 15) is 4.79 Å². The molecule has 1 aromatic rings. The Kier molecular flexibility index (Phi) is 4.72. The number of amides is 1. The van der Waals surface area contributed by atoms with Gasteiger partial charge in [0.25, 0.3) is 0 Å². The summed E-state index contributed by atoms with van der Waals surface area (Å²) in [5.41, 5.74) is 4.13. The molecule has 1 fully saturated rings. The van der Waals surface area contributed by atoms with Gasteiger partial charge in [0.1, 0.15) is 0 Å². The lowest BCUT2D eigenvalue weighted by molar-refractivity contribution is -0.127. The Hall–Kier alpha value is -1.35. The van der Waals surface area contributed by atoms with Gasteiger partial charge in [0.15, 0.2) is 0 Å². The van der Waals surface area contributed by atoms with Crippen molar-refractivity contribution in [1.29, 1.82) is 0 Å². The summed E-state index contributed by atoms with van der Waals surface area (Å²) < 4.78 is 0. The fourth-order valence-electron chi connectivity index (χ4n) is 3.31. The van der Waals surface area contributed by atoms with E-state index >= 15 is 0 Å². The molecule has 0 aliphatic carbocycles. The van der Waals surface area contributed by atoms with Gasteiger partial charge in [-0.2, -0.15) is 0 Å². The van der Waals surface area contributed by atoms with Crippen molar-refractivity contribution in [1.82, 2.24) is 5.32 Å². The summed E-state index contributed by atoms with van der Waals surface area (Å²) in [7, 11) is 0. The van der Waals surface area contributed by atoms with Crippen molar-refractivity contribution in [2.45, 2.75) is 47.5 Å². The Balaban J connectivity index is 2.17. The monoisotopic (exact) mass is 288 g/mol. The lowest BCUT2D eigenvalue weighted by Gasteiger charge is -2.36. The van der Waals surface area contributed by atoms with Crippen molar-refractivity contribution in [2.24, 2.45) is 11.3 Å². The molecule has 1 aromatic carbocycles. The Morgan fingerprint density at radius 3 is 2.38 bits per heavy atom. The molecule has 0 spiro atoms. The molecular weight excluding hydrogens is 260 g/mol. The quantitative estimate of drug-likeness (QED) is 0.892. The third kappa shape index (κ3) is 3.46. The van der Waals surface area contributed by atoms with Gasteiger partial charge in [-0.3, -0.25) is 4.79 Å². The van der Waals surface area contributed by atoms with E-state index in [1.165, 1.54) is 5.56 Å². The van der Waals surface area contributed by atoms with Crippen LogP contribution in [0.2, 0.25) is 0 Å². The summed E-state index contributed by atoms with van der Waals surface area (Å²) in [4.78, 5) is 12.8. The minimum absolute atomic E-state index is 0.131. The molecule has 2 N–H and O–H groups in total. The first-order valence-corrected chi connectivity index (χ1v) is 7.92. The van der Waals surface area contributed by atoms with Gasteiger partial charge in [-0.15, -0.1) is 0 Å². The van der Waals surface area contributed by atoms with Gasteiger partial charge in [-0.25, -0.2) is 0 Å². The molecule has 1 aliphatic rings. The Bertz CT molecular complexity index is 505. The first-order chi connectivity index (χ1) is 9.82. The van der Waals surface area contributed by atoms with Crippen molar-refractivity contribution < 1.29 is 4.79 Å². The maximum Gasteiger partial charge on any atom is 0.230 e. The molecule has 21 heavy (non-hydrogen) atoms. The van der Waals surface area contributed by atoms with Crippen LogP contribution < -0.4 is 10.6 Å². The normalized spacial score (nSPS) is 19.4. The Labute approximate surface area is 128 Å². The highest BCUT2D eigenvalue weighted by Crippen LogP contribution is 2.34. The molecule has 0 bridgehead atoms. The van der Waals surface area contributed by atoms with E-state index in [-0.39, 0.29) is 11.3 Å². The molecule has 0 saturated carbocycles. The van der Waals surface area contributed by atoms with E-state index in [1.807, 2.05) is 0 Å². The summed E-state index contributed by atoms with van der Waals surface area (Å²) in [5, 5.41) is 6.59. The topological polar surface area (TPSA) is 41.1 Å². The summed E-state index contributed by atoms with van der Waals surface area (Å²) in [6.45, 7) is 12.4. The molecule has 1 amide bonds. The molecule has 1 aliphatic heterocycles. The highest BCUT2D eigenvalue weighted by molar-refractivity contribution is 5.96. The average Bonchev–Trinajstić information content (AvgIpc) is 2.43. The van der Waals surface area contributed by atoms with E-state index in [0.717, 1.165) is 42.7 Å². The minimum Gasteiger partial charge on any atom is -0.325 e. The lowest BCUT2D eigenvalue weighted by Crippen LogP contribution is -2.45. The van der Waals surface area contributed by atoms with E-state index in [2.05, 4.69) is 57.4 Å². The Morgan fingerprint density at radius 1 is 1.24 bits per heavy atom. The van der Waals surface area contributed by atoms with Crippen molar-refractivity contribution in [2.75, 3.05) is 18.4 Å². The standard InChI is InChI=1S/C18H28N2O/c1-12-9-13(2)16(14(3)10-12)20-17(21)18(4,5)15-7-6-8-19-11-15/h9-10,15,19H,6-8,11H2,1-5H3,(H,20,21). The molecule has 1 heterocycles. The highest BCUT2D eigenvalue weighted by Gasteiger charge is 2.37. The lowest BCUT2D eigenvalue weighted by atomic mass is 9.74. The maximum atomic E-state index is 12.8. The van der Waals surface area contributed by atoms with Gasteiger partial charge in [-0.05, 0) is 63.7 Å². The van der Waals surface area contributed by atoms with Gasteiger partial charge in [0, 0.05) is 11.1 Å². The van der Waals surface area contributed by atoms with Gasteiger partial charge < -0.3 is 10.6 Å². The number of hydrogen-bond acceptors (Lipinski definition) is 2. The number of rotatable bonds is 3. The molecule has 1 saturated heterocycles. The second-order valence-electron chi connectivity index (χ2n) is 6.99. The van der Waals surface area contributed by atoms with Crippen molar-refractivity contribution in [3.05, 3.63) is 28.8 Å². The highest BCUT2D eigenvalue weighted by atomic mass is 16.2. The molecule has 3 nitrogen and oxygen atoms in total. The fourth-order valence-corrected chi connectivity index (χ4v) is 3.31. The molecule has 3 heteroatoms.